The Morgan fingerprint density at radius 3 is 2.58 bits per heavy atom. The van der Waals surface area contributed by atoms with Crippen molar-refractivity contribution < 1.29 is 0 Å². The molecule has 2 heterocycles. The van der Waals surface area contributed by atoms with Gasteiger partial charge in [-0.3, -0.25) is 0 Å². The van der Waals surface area contributed by atoms with E-state index in [9.17, 15) is 0 Å². The van der Waals surface area contributed by atoms with Gasteiger partial charge in [0.05, 0.1) is 5.01 Å². The molecule has 104 valence electrons. The van der Waals surface area contributed by atoms with Gasteiger partial charge in [-0.05, 0) is 38.4 Å². The maximum Gasteiger partial charge on any atom is 0.0897 e. The standard InChI is InChI=1S/C15H22N2S2/c1-4-8-16-14(15-10-17-11(3)18-15)9-13-7-6-12(5-2)19-13/h6-7,10,14,16H,4-5,8-9H2,1-3H3. The topological polar surface area (TPSA) is 24.9 Å². The van der Waals surface area contributed by atoms with Crippen molar-refractivity contribution in [2.24, 2.45) is 0 Å². The third-order valence-electron chi connectivity index (χ3n) is 3.09. The van der Waals surface area contributed by atoms with Gasteiger partial charge in [0.2, 0.25) is 0 Å². The predicted octanol–water partition coefficient (Wildman–Crippen LogP) is 4.36. The summed E-state index contributed by atoms with van der Waals surface area (Å²) >= 11 is 3.75. The molecule has 0 amide bonds. The lowest BCUT2D eigenvalue weighted by atomic mass is 10.1. The third-order valence-corrected chi connectivity index (χ3v) is 5.37. The van der Waals surface area contributed by atoms with Crippen molar-refractivity contribution in [1.82, 2.24) is 10.3 Å². The number of rotatable bonds is 7. The van der Waals surface area contributed by atoms with Crippen LogP contribution in [0.3, 0.4) is 0 Å². The van der Waals surface area contributed by atoms with Crippen LogP contribution in [0.25, 0.3) is 0 Å². The lowest BCUT2D eigenvalue weighted by molar-refractivity contribution is 0.539. The highest BCUT2D eigenvalue weighted by Crippen LogP contribution is 2.27. The van der Waals surface area contributed by atoms with Crippen LogP contribution in [0, 0.1) is 6.92 Å². The second-order valence-corrected chi connectivity index (χ2v) is 7.23. The van der Waals surface area contributed by atoms with Crippen LogP contribution >= 0.6 is 22.7 Å². The number of hydrogen-bond donors (Lipinski definition) is 1. The van der Waals surface area contributed by atoms with Gasteiger partial charge in [-0.1, -0.05) is 13.8 Å². The molecule has 0 radical (unpaired) electrons. The van der Waals surface area contributed by atoms with Crippen LogP contribution in [0.2, 0.25) is 0 Å². The molecule has 0 spiro atoms. The van der Waals surface area contributed by atoms with E-state index in [-0.39, 0.29) is 0 Å². The Hall–Kier alpha value is -0.710. The highest BCUT2D eigenvalue weighted by molar-refractivity contribution is 7.12. The molecule has 0 aliphatic heterocycles. The van der Waals surface area contributed by atoms with Gasteiger partial charge in [0, 0.05) is 33.3 Å². The zero-order valence-corrected chi connectivity index (χ0v) is 13.5. The number of aryl methyl sites for hydroxylation is 2. The fraction of sp³-hybridized carbons (Fsp3) is 0.533. The average molecular weight is 294 g/mol. The molecule has 1 N–H and O–H groups in total. The Bertz CT molecular complexity index is 502. The van der Waals surface area contributed by atoms with Crippen molar-refractivity contribution in [3.05, 3.63) is 38.0 Å². The van der Waals surface area contributed by atoms with E-state index in [1.165, 1.54) is 21.1 Å². The molecule has 4 heteroatoms. The summed E-state index contributed by atoms with van der Waals surface area (Å²) in [5.74, 6) is 0. The summed E-state index contributed by atoms with van der Waals surface area (Å²) in [5, 5.41) is 4.80. The number of thiazole rings is 1. The van der Waals surface area contributed by atoms with Crippen molar-refractivity contribution >= 4 is 22.7 Å². The number of nitrogens with zero attached hydrogens (tertiary/aromatic N) is 1. The molecule has 0 aliphatic rings. The Morgan fingerprint density at radius 1 is 1.21 bits per heavy atom. The van der Waals surface area contributed by atoms with Crippen LogP contribution < -0.4 is 5.32 Å². The molecule has 0 fully saturated rings. The maximum absolute atomic E-state index is 4.39. The van der Waals surface area contributed by atoms with E-state index < -0.39 is 0 Å². The number of nitrogens with one attached hydrogen (secondary N) is 1. The minimum Gasteiger partial charge on any atom is -0.309 e. The molecule has 0 aromatic carbocycles. The fourth-order valence-corrected chi connectivity index (χ4v) is 3.92. The molecule has 0 saturated heterocycles. The normalized spacial score (nSPS) is 12.8. The molecule has 2 aromatic heterocycles. The van der Waals surface area contributed by atoms with Crippen LogP contribution in [0.4, 0.5) is 0 Å². The minimum atomic E-state index is 0.412. The van der Waals surface area contributed by atoms with Crippen molar-refractivity contribution in [3.63, 3.8) is 0 Å². The Kier molecular flexibility index (Phi) is 5.55. The van der Waals surface area contributed by atoms with Gasteiger partial charge in [-0.15, -0.1) is 22.7 Å². The minimum absolute atomic E-state index is 0.412. The van der Waals surface area contributed by atoms with Gasteiger partial charge >= 0.3 is 0 Å². The molecule has 2 nitrogen and oxygen atoms in total. The summed E-state index contributed by atoms with van der Waals surface area (Å²) in [6.45, 7) is 7.57. The lowest BCUT2D eigenvalue weighted by Gasteiger charge is -2.15. The quantitative estimate of drug-likeness (QED) is 0.820. The number of aromatic nitrogens is 1. The van der Waals surface area contributed by atoms with E-state index in [1.807, 2.05) is 28.9 Å². The van der Waals surface area contributed by atoms with Crippen molar-refractivity contribution in [3.8, 4) is 0 Å². The second-order valence-electron chi connectivity index (χ2n) is 4.71. The van der Waals surface area contributed by atoms with Gasteiger partial charge in [-0.25, -0.2) is 4.98 Å². The monoisotopic (exact) mass is 294 g/mol. The first-order chi connectivity index (χ1) is 9.22. The summed E-state index contributed by atoms with van der Waals surface area (Å²) in [5.41, 5.74) is 0. The lowest BCUT2D eigenvalue weighted by Crippen LogP contribution is -2.23. The summed E-state index contributed by atoms with van der Waals surface area (Å²) in [6.07, 6.45) is 5.41. The van der Waals surface area contributed by atoms with Crippen molar-refractivity contribution in [1.29, 1.82) is 0 Å². The fourth-order valence-electron chi connectivity index (χ4n) is 2.05. The third kappa shape index (κ3) is 4.13. The summed E-state index contributed by atoms with van der Waals surface area (Å²) in [4.78, 5) is 8.69. The summed E-state index contributed by atoms with van der Waals surface area (Å²) < 4.78 is 0. The second kappa shape index (κ2) is 7.17. The van der Waals surface area contributed by atoms with Gasteiger partial charge in [-0.2, -0.15) is 0 Å². The van der Waals surface area contributed by atoms with Crippen LogP contribution in [0.1, 0.15) is 45.9 Å². The SMILES string of the molecule is CCCNC(Cc1ccc(CC)s1)c1cnc(C)s1. The smallest absolute Gasteiger partial charge is 0.0897 e. The molecule has 19 heavy (non-hydrogen) atoms. The number of hydrogen-bond acceptors (Lipinski definition) is 4. The first-order valence-electron chi connectivity index (χ1n) is 6.96. The first-order valence-corrected chi connectivity index (χ1v) is 8.59. The van der Waals surface area contributed by atoms with Crippen LogP contribution in [-0.4, -0.2) is 11.5 Å². The summed E-state index contributed by atoms with van der Waals surface area (Å²) in [7, 11) is 0. The van der Waals surface area contributed by atoms with Crippen molar-refractivity contribution in [2.45, 2.75) is 46.1 Å². The molecule has 0 bridgehead atoms. The first kappa shape index (κ1) is 14.7. The molecule has 1 atom stereocenters. The molecule has 0 aliphatic carbocycles. The molecular weight excluding hydrogens is 272 g/mol. The van der Waals surface area contributed by atoms with Crippen LogP contribution in [0.5, 0.6) is 0 Å². The van der Waals surface area contributed by atoms with Crippen LogP contribution in [0.15, 0.2) is 18.3 Å². The highest BCUT2D eigenvalue weighted by atomic mass is 32.1. The van der Waals surface area contributed by atoms with E-state index >= 15 is 0 Å². The number of thiophene rings is 1. The summed E-state index contributed by atoms with van der Waals surface area (Å²) in [6, 6.07) is 4.95. The zero-order chi connectivity index (χ0) is 13.7. The van der Waals surface area contributed by atoms with Crippen LogP contribution in [-0.2, 0) is 12.8 Å². The zero-order valence-electron chi connectivity index (χ0n) is 11.9. The van der Waals surface area contributed by atoms with Crippen molar-refractivity contribution in [2.75, 3.05) is 6.54 Å². The Labute approximate surface area is 123 Å². The average Bonchev–Trinajstić information content (AvgIpc) is 3.03. The molecule has 2 aromatic rings. The van der Waals surface area contributed by atoms with E-state index in [1.54, 1.807) is 0 Å². The van der Waals surface area contributed by atoms with Gasteiger partial charge in [0.25, 0.3) is 0 Å². The highest BCUT2D eigenvalue weighted by Gasteiger charge is 2.15. The van der Waals surface area contributed by atoms with Gasteiger partial charge in [0.1, 0.15) is 0 Å². The largest absolute Gasteiger partial charge is 0.309 e. The Morgan fingerprint density at radius 2 is 2.00 bits per heavy atom. The maximum atomic E-state index is 4.39. The molecule has 1 unspecified atom stereocenters. The molecule has 2 rings (SSSR count). The van der Waals surface area contributed by atoms with Gasteiger partial charge in [0.15, 0.2) is 0 Å². The van der Waals surface area contributed by atoms with E-state index in [2.05, 4.69) is 43.2 Å². The van der Waals surface area contributed by atoms with E-state index in [4.69, 9.17) is 0 Å². The molecular formula is C15H22N2S2. The van der Waals surface area contributed by atoms with E-state index in [0.29, 0.717) is 6.04 Å². The van der Waals surface area contributed by atoms with Gasteiger partial charge < -0.3 is 5.32 Å². The van der Waals surface area contributed by atoms with E-state index in [0.717, 1.165) is 24.4 Å². The molecule has 0 saturated carbocycles. The predicted molar refractivity (Wildman–Crippen MR) is 85.3 cm³/mol. The Balaban J connectivity index is 2.09.